The summed E-state index contributed by atoms with van der Waals surface area (Å²) < 4.78 is 6.22. The quantitative estimate of drug-likeness (QED) is 0.768. The maximum Gasteiger partial charge on any atom is 0.248 e. The molecule has 7 nitrogen and oxygen atoms in total. The van der Waals surface area contributed by atoms with Gasteiger partial charge in [-0.1, -0.05) is 31.4 Å². The molecule has 2 N–H and O–H groups in total. The molecule has 0 radical (unpaired) electrons. The number of ether oxygens (including phenoxy) is 1. The van der Waals surface area contributed by atoms with Crippen LogP contribution in [-0.4, -0.2) is 61.1 Å². The number of carbonyl (C=O) groups is 1. The molecule has 0 unspecified atom stereocenters. The van der Waals surface area contributed by atoms with E-state index >= 15 is 0 Å². The zero-order chi connectivity index (χ0) is 21.8. The summed E-state index contributed by atoms with van der Waals surface area (Å²) in [6, 6.07) is 7.34. The van der Waals surface area contributed by atoms with Gasteiger partial charge in [-0.05, 0) is 36.5 Å². The van der Waals surface area contributed by atoms with E-state index < -0.39 is 5.91 Å². The second-order valence-electron chi connectivity index (χ2n) is 8.93. The fourth-order valence-electron chi connectivity index (χ4n) is 4.68. The zero-order valence-electron chi connectivity index (χ0n) is 18.6. The van der Waals surface area contributed by atoms with Crippen LogP contribution in [0.15, 0.2) is 30.5 Å². The van der Waals surface area contributed by atoms with Gasteiger partial charge in [0.1, 0.15) is 6.10 Å². The number of morpholine rings is 1. The van der Waals surface area contributed by atoms with Crippen LogP contribution in [0.4, 0.5) is 5.95 Å². The Labute approximate surface area is 184 Å². The fourth-order valence-corrected chi connectivity index (χ4v) is 4.68. The Balaban J connectivity index is 1.63. The average molecular weight is 424 g/mol. The van der Waals surface area contributed by atoms with E-state index in [2.05, 4.69) is 9.88 Å². The first-order valence-corrected chi connectivity index (χ1v) is 11.3. The summed E-state index contributed by atoms with van der Waals surface area (Å²) in [6.07, 6.45) is 8.47. The second kappa shape index (κ2) is 9.75. The van der Waals surface area contributed by atoms with Crippen LogP contribution in [-0.2, 0) is 4.74 Å². The van der Waals surface area contributed by atoms with Crippen molar-refractivity contribution in [3.05, 3.63) is 41.7 Å². The van der Waals surface area contributed by atoms with Gasteiger partial charge in [0, 0.05) is 51.1 Å². The molecule has 1 saturated carbocycles. The molecule has 2 heterocycles. The van der Waals surface area contributed by atoms with Crippen LogP contribution in [0, 0.1) is 5.92 Å². The van der Waals surface area contributed by atoms with E-state index in [1.165, 1.54) is 32.1 Å². The number of anilines is 1. The highest BCUT2D eigenvalue weighted by molar-refractivity contribution is 5.94. The smallest absolute Gasteiger partial charge is 0.248 e. The SMILES string of the molecule is CN(C)c1ncc(-c2cccc(C(N)=O)c2)c([C@H]2CN(CC3CCCCC3)CCO2)n1. The molecule has 1 aliphatic carbocycles. The third kappa shape index (κ3) is 5.22. The fraction of sp³-hybridized carbons (Fsp3) is 0.542. The van der Waals surface area contributed by atoms with Crippen molar-refractivity contribution in [1.29, 1.82) is 0 Å². The number of benzene rings is 1. The van der Waals surface area contributed by atoms with Crippen molar-refractivity contribution in [2.45, 2.75) is 38.2 Å². The molecule has 31 heavy (non-hydrogen) atoms. The minimum Gasteiger partial charge on any atom is -0.369 e. The number of amides is 1. The van der Waals surface area contributed by atoms with Gasteiger partial charge in [0.2, 0.25) is 11.9 Å². The normalized spacial score (nSPS) is 20.5. The summed E-state index contributed by atoms with van der Waals surface area (Å²) in [7, 11) is 3.87. The number of primary amides is 1. The minimum atomic E-state index is -0.443. The monoisotopic (exact) mass is 423 g/mol. The van der Waals surface area contributed by atoms with E-state index in [1.54, 1.807) is 6.07 Å². The molecule has 7 heteroatoms. The molecule has 4 rings (SSSR count). The number of nitrogens with zero attached hydrogens (tertiary/aromatic N) is 4. The first-order chi connectivity index (χ1) is 15.0. The van der Waals surface area contributed by atoms with Crippen molar-refractivity contribution < 1.29 is 9.53 Å². The van der Waals surface area contributed by atoms with Crippen LogP contribution >= 0.6 is 0 Å². The molecule has 1 saturated heterocycles. The van der Waals surface area contributed by atoms with Crippen LogP contribution in [0.5, 0.6) is 0 Å². The third-order valence-corrected chi connectivity index (χ3v) is 6.36. The maximum absolute atomic E-state index is 11.7. The van der Waals surface area contributed by atoms with Crippen molar-refractivity contribution in [2.24, 2.45) is 11.7 Å². The molecule has 1 atom stereocenters. The number of nitrogens with two attached hydrogens (primary N) is 1. The van der Waals surface area contributed by atoms with E-state index in [0.29, 0.717) is 18.1 Å². The molecule has 1 aromatic carbocycles. The van der Waals surface area contributed by atoms with Crippen LogP contribution < -0.4 is 10.6 Å². The van der Waals surface area contributed by atoms with Gasteiger partial charge >= 0.3 is 0 Å². The Morgan fingerprint density at radius 1 is 1.26 bits per heavy atom. The molecule has 166 valence electrons. The van der Waals surface area contributed by atoms with Crippen molar-refractivity contribution >= 4 is 11.9 Å². The van der Waals surface area contributed by atoms with E-state index in [4.69, 9.17) is 15.5 Å². The molecule has 1 aromatic heterocycles. The zero-order valence-corrected chi connectivity index (χ0v) is 18.6. The lowest BCUT2D eigenvalue weighted by molar-refractivity contribution is -0.0376. The summed E-state index contributed by atoms with van der Waals surface area (Å²) in [6.45, 7) is 3.62. The lowest BCUT2D eigenvalue weighted by atomic mass is 9.88. The van der Waals surface area contributed by atoms with E-state index in [-0.39, 0.29) is 6.10 Å². The summed E-state index contributed by atoms with van der Waals surface area (Å²) in [5, 5.41) is 0. The van der Waals surface area contributed by atoms with E-state index in [9.17, 15) is 4.79 Å². The van der Waals surface area contributed by atoms with Gasteiger partial charge < -0.3 is 15.4 Å². The summed E-state index contributed by atoms with van der Waals surface area (Å²) in [4.78, 5) is 25.5. The van der Waals surface area contributed by atoms with Crippen LogP contribution in [0.2, 0.25) is 0 Å². The number of hydrogen-bond donors (Lipinski definition) is 1. The first kappa shape index (κ1) is 21.7. The van der Waals surface area contributed by atoms with Gasteiger partial charge in [-0.2, -0.15) is 0 Å². The Morgan fingerprint density at radius 2 is 2.06 bits per heavy atom. The predicted molar refractivity (Wildman–Crippen MR) is 122 cm³/mol. The van der Waals surface area contributed by atoms with Gasteiger partial charge in [-0.3, -0.25) is 9.69 Å². The molecular weight excluding hydrogens is 390 g/mol. The van der Waals surface area contributed by atoms with Gasteiger partial charge in [0.15, 0.2) is 0 Å². The Hall–Kier alpha value is -2.51. The molecule has 1 amide bonds. The standard InChI is InChI=1S/C24H33N5O2/c1-28(2)24-26-14-20(18-9-6-10-19(13-18)23(25)30)22(27-24)21-16-29(11-12-31-21)15-17-7-4-3-5-8-17/h6,9-10,13-14,17,21H,3-5,7-8,11-12,15-16H2,1-2H3,(H2,25,30)/t21-/m1/s1. The van der Waals surface area contributed by atoms with Crippen LogP contribution in [0.3, 0.4) is 0 Å². The molecule has 0 spiro atoms. The highest BCUT2D eigenvalue weighted by Crippen LogP contribution is 2.33. The maximum atomic E-state index is 11.7. The topological polar surface area (TPSA) is 84.6 Å². The van der Waals surface area contributed by atoms with Gasteiger partial charge in [0.05, 0.1) is 12.3 Å². The van der Waals surface area contributed by atoms with Gasteiger partial charge in [0.25, 0.3) is 0 Å². The molecule has 1 aliphatic heterocycles. The lowest BCUT2D eigenvalue weighted by Gasteiger charge is -2.36. The van der Waals surface area contributed by atoms with Gasteiger partial charge in [-0.25, -0.2) is 9.97 Å². The average Bonchev–Trinajstić information content (AvgIpc) is 2.79. The first-order valence-electron chi connectivity index (χ1n) is 11.3. The van der Waals surface area contributed by atoms with Crippen molar-refractivity contribution in [2.75, 3.05) is 45.2 Å². The third-order valence-electron chi connectivity index (χ3n) is 6.36. The lowest BCUT2D eigenvalue weighted by Crippen LogP contribution is -2.41. The van der Waals surface area contributed by atoms with Crippen molar-refractivity contribution in [3.8, 4) is 11.1 Å². The number of carbonyl (C=O) groups excluding carboxylic acids is 1. The number of hydrogen-bond acceptors (Lipinski definition) is 6. The second-order valence-corrected chi connectivity index (χ2v) is 8.93. The summed E-state index contributed by atoms with van der Waals surface area (Å²) in [5.74, 6) is 1.00. The molecule has 0 bridgehead atoms. The number of aromatic nitrogens is 2. The predicted octanol–water partition coefficient (Wildman–Crippen LogP) is 3.26. The van der Waals surface area contributed by atoms with Crippen LogP contribution in [0.1, 0.15) is 54.3 Å². The Kier molecular flexibility index (Phi) is 6.83. The number of rotatable bonds is 6. The van der Waals surface area contributed by atoms with E-state index in [1.807, 2.05) is 43.4 Å². The highest BCUT2D eigenvalue weighted by atomic mass is 16.5. The van der Waals surface area contributed by atoms with Crippen molar-refractivity contribution in [3.63, 3.8) is 0 Å². The Morgan fingerprint density at radius 3 is 2.81 bits per heavy atom. The highest BCUT2D eigenvalue weighted by Gasteiger charge is 2.28. The largest absolute Gasteiger partial charge is 0.369 e. The van der Waals surface area contributed by atoms with Gasteiger partial charge in [-0.15, -0.1) is 0 Å². The van der Waals surface area contributed by atoms with Crippen LogP contribution in [0.25, 0.3) is 11.1 Å². The minimum absolute atomic E-state index is 0.133. The Bertz CT molecular complexity index is 911. The molecule has 2 aliphatic rings. The van der Waals surface area contributed by atoms with Crippen molar-refractivity contribution in [1.82, 2.24) is 14.9 Å². The molecule has 2 fully saturated rings. The summed E-state index contributed by atoms with van der Waals surface area (Å²) in [5.41, 5.74) is 8.62. The molecule has 2 aromatic rings. The summed E-state index contributed by atoms with van der Waals surface area (Å²) >= 11 is 0. The van der Waals surface area contributed by atoms with E-state index in [0.717, 1.165) is 42.4 Å². The molecular formula is C24H33N5O2.